The van der Waals surface area contributed by atoms with Crippen molar-refractivity contribution in [3.63, 3.8) is 0 Å². The van der Waals surface area contributed by atoms with Gasteiger partial charge in [-0.1, -0.05) is 13.0 Å². The molecule has 0 heterocycles. The van der Waals surface area contributed by atoms with Crippen molar-refractivity contribution >= 4 is 17.7 Å². The van der Waals surface area contributed by atoms with E-state index in [4.69, 9.17) is 10.4 Å². The Hall–Kier alpha value is -1.51. The van der Waals surface area contributed by atoms with Gasteiger partial charge in [0.05, 0.1) is 11.8 Å². The van der Waals surface area contributed by atoms with E-state index in [0.717, 1.165) is 11.3 Å². The minimum absolute atomic E-state index is 0.0443. The largest absolute Gasteiger partial charge is 0.396 e. The monoisotopic (exact) mass is 292 g/mol. The van der Waals surface area contributed by atoms with Crippen LogP contribution in [0, 0.1) is 11.3 Å². The summed E-state index contributed by atoms with van der Waals surface area (Å²) in [7, 11) is 0. The van der Waals surface area contributed by atoms with Crippen LogP contribution in [0.1, 0.15) is 37.0 Å². The first-order chi connectivity index (χ1) is 9.54. The SMILES string of the molecule is CCC(C)(CCO)NC(=O)c1cccc(SCC#N)c1. The molecule has 1 aromatic carbocycles. The molecule has 0 spiro atoms. The molecule has 0 aliphatic heterocycles. The van der Waals surface area contributed by atoms with Crippen molar-refractivity contribution in [3.8, 4) is 6.07 Å². The Bertz CT molecular complexity index is 499. The van der Waals surface area contributed by atoms with E-state index in [0.29, 0.717) is 17.7 Å². The van der Waals surface area contributed by atoms with Gasteiger partial charge >= 0.3 is 0 Å². The van der Waals surface area contributed by atoms with Gasteiger partial charge in [-0.2, -0.15) is 5.26 Å². The van der Waals surface area contributed by atoms with Crippen molar-refractivity contribution < 1.29 is 9.90 Å². The molecular weight excluding hydrogens is 272 g/mol. The number of hydrogen-bond acceptors (Lipinski definition) is 4. The van der Waals surface area contributed by atoms with E-state index in [1.165, 1.54) is 11.8 Å². The van der Waals surface area contributed by atoms with Crippen LogP contribution < -0.4 is 5.32 Å². The average Bonchev–Trinajstić information content (AvgIpc) is 2.45. The van der Waals surface area contributed by atoms with Crippen molar-refractivity contribution in [1.29, 1.82) is 5.26 Å². The lowest BCUT2D eigenvalue weighted by atomic mass is 9.94. The van der Waals surface area contributed by atoms with Gasteiger partial charge in [0.2, 0.25) is 0 Å². The third-order valence-corrected chi connectivity index (χ3v) is 4.12. The molecule has 0 radical (unpaired) electrons. The first kappa shape index (κ1) is 16.5. The highest BCUT2D eigenvalue weighted by atomic mass is 32.2. The van der Waals surface area contributed by atoms with E-state index in [2.05, 4.69) is 11.4 Å². The van der Waals surface area contributed by atoms with Crippen molar-refractivity contribution in [2.75, 3.05) is 12.4 Å². The predicted octanol–water partition coefficient (Wildman–Crippen LogP) is 2.58. The van der Waals surface area contributed by atoms with Gasteiger partial charge in [0, 0.05) is 22.6 Å². The van der Waals surface area contributed by atoms with Crippen molar-refractivity contribution in [2.24, 2.45) is 0 Å². The second-order valence-corrected chi connectivity index (χ2v) is 5.87. The number of aliphatic hydroxyl groups is 1. The van der Waals surface area contributed by atoms with E-state index in [9.17, 15) is 4.79 Å². The summed E-state index contributed by atoms with van der Waals surface area (Å²) in [6.07, 6.45) is 1.28. The number of amides is 1. The third-order valence-electron chi connectivity index (χ3n) is 3.26. The fraction of sp³-hybridized carbons (Fsp3) is 0.467. The number of aliphatic hydroxyl groups excluding tert-OH is 1. The molecule has 0 aromatic heterocycles. The van der Waals surface area contributed by atoms with Crippen LogP contribution in [0.3, 0.4) is 0 Å². The number of carbonyl (C=O) groups is 1. The molecule has 1 rings (SSSR count). The fourth-order valence-corrected chi connectivity index (χ4v) is 2.38. The maximum absolute atomic E-state index is 12.3. The first-order valence-electron chi connectivity index (χ1n) is 6.58. The van der Waals surface area contributed by atoms with Crippen LogP contribution in [0.4, 0.5) is 0 Å². The molecule has 1 atom stereocenters. The number of rotatable bonds is 7. The molecule has 5 heteroatoms. The highest BCUT2D eigenvalue weighted by molar-refractivity contribution is 7.99. The third kappa shape index (κ3) is 4.87. The maximum Gasteiger partial charge on any atom is 0.251 e. The van der Waals surface area contributed by atoms with Gasteiger partial charge in [-0.15, -0.1) is 11.8 Å². The predicted molar refractivity (Wildman–Crippen MR) is 80.6 cm³/mol. The Morgan fingerprint density at radius 3 is 2.90 bits per heavy atom. The van der Waals surface area contributed by atoms with Crippen LogP contribution in [0.2, 0.25) is 0 Å². The Labute approximate surface area is 124 Å². The van der Waals surface area contributed by atoms with Gasteiger partial charge in [-0.25, -0.2) is 0 Å². The smallest absolute Gasteiger partial charge is 0.251 e. The number of hydrogen-bond donors (Lipinski definition) is 2. The second-order valence-electron chi connectivity index (χ2n) is 4.82. The Morgan fingerprint density at radius 1 is 1.55 bits per heavy atom. The van der Waals surface area contributed by atoms with Crippen molar-refractivity contribution in [2.45, 2.75) is 37.1 Å². The standard InChI is InChI=1S/C15H20N2O2S/c1-3-15(2,7-9-18)17-14(19)12-5-4-6-13(11-12)20-10-8-16/h4-6,11,18H,3,7,9-10H2,1-2H3,(H,17,19). The Kier molecular flexibility index (Phi) is 6.56. The van der Waals surface area contributed by atoms with Crippen molar-refractivity contribution in [1.82, 2.24) is 5.32 Å². The number of thioether (sulfide) groups is 1. The summed E-state index contributed by atoms with van der Waals surface area (Å²) in [5.74, 6) is 0.213. The lowest BCUT2D eigenvalue weighted by molar-refractivity contribution is 0.0886. The van der Waals surface area contributed by atoms with Gasteiger partial charge in [0.15, 0.2) is 0 Å². The van der Waals surface area contributed by atoms with Gasteiger partial charge in [-0.05, 0) is 38.0 Å². The summed E-state index contributed by atoms with van der Waals surface area (Å²) in [5.41, 5.74) is 0.173. The van der Waals surface area contributed by atoms with Gasteiger partial charge < -0.3 is 10.4 Å². The van der Waals surface area contributed by atoms with E-state index in [1.54, 1.807) is 12.1 Å². The molecular formula is C15H20N2O2S. The van der Waals surface area contributed by atoms with E-state index < -0.39 is 5.54 Å². The summed E-state index contributed by atoms with van der Waals surface area (Å²) >= 11 is 1.40. The van der Waals surface area contributed by atoms with Gasteiger partial charge in [0.1, 0.15) is 0 Å². The maximum atomic E-state index is 12.3. The normalized spacial score (nSPS) is 13.3. The van der Waals surface area contributed by atoms with Crippen molar-refractivity contribution in [3.05, 3.63) is 29.8 Å². The zero-order valence-corrected chi connectivity index (χ0v) is 12.7. The number of carbonyl (C=O) groups excluding carboxylic acids is 1. The van der Waals surface area contributed by atoms with Gasteiger partial charge in [-0.3, -0.25) is 4.79 Å². The molecule has 0 aliphatic carbocycles. The summed E-state index contributed by atoms with van der Waals surface area (Å²) < 4.78 is 0. The van der Waals surface area contributed by atoms with Crippen LogP contribution in [0.15, 0.2) is 29.2 Å². The van der Waals surface area contributed by atoms with Crippen LogP contribution in [0.5, 0.6) is 0 Å². The minimum Gasteiger partial charge on any atom is -0.396 e. The molecule has 1 amide bonds. The first-order valence-corrected chi connectivity index (χ1v) is 7.56. The molecule has 0 saturated carbocycles. The number of nitrogens with zero attached hydrogens (tertiary/aromatic N) is 1. The highest BCUT2D eigenvalue weighted by Crippen LogP contribution is 2.20. The minimum atomic E-state index is -0.401. The number of nitriles is 1. The molecule has 0 bridgehead atoms. The highest BCUT2D eigenvalue weighted by Gasteiger charge is 2.24. The molecule has 1 unspecified atom stereocenters. The van der Waals surface area contributed by atoms with E-state index >= 15 is 0 Å². The summed E-state index contributed by atoms with van der Waals surface area (Å²) in [6, 6.07) is 9.29. The Balaban J connectivity index is 2.79. The van der Waals surface area contributed by atoms with Crippen LogP contribution in [0.25, 0.3) is 0 Å². The summed E-state index contributed by atoms with van der Waals surface area (Å²) in [5, 5.41) is 20.6. The molecule has 0 aliphatic rings. The number of benzene rings is 1. The molecule has 20 heavy (non-hydrogen) atoms. The zero-order valence-electron chi connectivity index (χ0n) is 11.8. The topological polar surface area (TPSA) is 73.1 Å². The fourth-order valence-electron chi connectivity index (χ4n) is 1.76. The van der Waals surface area contributed by atoms with Crippen LogP contribution >= 0.6 is 11.8 Å². The average molecular weight is 292 g/mol. The van der Waals surface area contributed by atoms with E-state index in [-0.39, 0.29) is 12.5 Å². The number of nitrogens with one attached hydrogen (secondary N) is 1. The lowest BCUT2D eigenvalue weighted by Crippen LogP contribution is -2.46. The molecule has 0 fully saturated rings. The Morgan fingerprint density at radius 2 is 2.30 bits per heavy atom. The molecule has 108 valence electrons. The summed E-state index contributed by atoms with van der Waals surface area (Å²) in [4.78, 5) is 13.2. The molecule has 2 N–H and O–H groups in total. The zero-order chi connectivity index (χ0) is 15.0. The quantitative estimate of drug-likeness (QED) is 0.758. The van der Waals surface area contributed by atoms with E-state index in [1.807, 2.05) is 26.0 Å². The van der Waals surface area contributed by atoms with Crippen LogP contribution in [-0.4, -0.2) is 28.9 Å². The lowest BCUT2D eigenvalue weighted by Gasteiger charge is -2.29. The van der Waals surface area contributed by atoms with Crippen LogP contribution in [-0.2, 0) is 0 Å². The second kappa shape index (κ2) is 7.93. The summed E-state index contributed by atoms with van der Waals surface area (Å²) in [6.45, 7) is 3.95. The molecule has 0 saturated heterocycles. The molecule has 1 aromatic rings. The molecule has 4 nitrogen and oxygen atoms in total. The van der Waals surface area contributed by atoms with Gasteiger partial charge in [0.25, 0.3) is 5.91 Å².